The Hall–Kier alpha value is -2.20. The van der Waals surface area contributed by atoms with Gasteiger partial charge in [0.05, 0.1) is 12.7 Å². The molecule has 2 aromatic carbocycles. The predicted molar refractivity (Wildman–Crippen MR) is 113 cm³/mol. The fourth-order valence-corrected chi connectivity index (χ4v) is 4.59. The largest absolute Gasteiger partial charge is 0.493 e. The summed E-state index contributed by atoms with van der Waals surface area (Å²) >= 11 is 5.95. The van der Waals surface area contributed by atoms with Crippen LogP contribution in [0.2, 0.25) is 5.02 Å². The molecule has 5 heteroatoms. The standard InChI is InChI=1S/C24H27ClO4/c1-15-21(29-24(26)17-8-11-18(25)12-9-17)14-19-7-5-3-4-6-16-10-13-20(27-2)23(28-19)22(15)16/h8-13,15,19,21H,3-7,14H2,1-2H3/t15-,19?,21+/m0/s1. The number of esters is 1. The average Bonchev–Trinajstić information content (AvgIpc) is 2.86. The van der Waals surface area contributed by atoms with Gasteiger partial charge in [0.25, 0.3) is 0 Å². The van der Waals surface area contributed by atoms with Crippen LogP contribution in [-0.2, 0) is 11.2 Å². The molecule has 0 aromatic heterocycles. The van der Waals surface area contributed by atoms with Crippen LogP contribution in [0.15, 0.2) is 36.4 Å². The summed E-state index contributed by atoms with van der Waals surface area (Å²) in [4.78, 5) is 12.8. The van der Waals surface area contributed by atoms with Gasteiger partial charge in [-0.3, -0.25) is 0 Å². The highest BCUT2D eigenvalue weighted by atomic mass is 35.5. The van der Waals surface area contributed by atoms with Crippen LogP contribution in [-0.4, -0.2) is 25.3 Å². The van der Waals surface area contributed by atoms with E-state index in [-0.39, 0.29) is 24.1 Å². The van der Waals surface area contributed by atoms with Crippen molar-refractivity contribution in [3.05, 3.63) is 58.1 Å². The minimum absolute atomic E-state index is 0.00367. The molecular weight excluding hydrogens is 388 g/mol. The van der Waals surface area contributed by atoms with Crippen LogP contribution in [0.3, 0.4) is 0 Å². The Labute approximate surface area is 177 Å². The summed E-state index contributed by atoms with van der Waals surface area (Å²) in [5, 5.41) is 0.599. The van der Waals surface area contributed by atoms with Gasteiger partial charge in [0, 0.05) is 22.9 Å². The van der Waals surface area contributed by atoms with Crippen molar-refractivity contribution in [2.75, 3.05) is 7.11 Å². The molecule has 0 N–H and O–H groups in total. The Kier molecular flexibility index (Phi) is 6.00. The Bertz CT molecular complexity index is 877. The van der Waals surface area contributed by atoms with Crippen molar-refractivity contribution in [3.63, 3.8) is 0 Å². The molecule has 4 nitrogen and oxygen atoms in total. The smallest absolute Gasteiger partial charge is 0.338 e. The number of hydrogen-bond acceptors (Lipinski definition) is 4. The number of hydrogen-bond donors (Lipinski definition) is 0. The van der Waals surface area contributed by atoms with E-state index in [1.165, 1.54) is 12.0 Å². The number of carbonyl (C=O) groups is 1. The third-order valence-corrected chi connectivity index (χ3v) is 6.33. The van der Waals surface area contributed by atoms with Crippen molar-refractivity contribution >= 4 is 17.6 Å². The third kappa shape index (κ3) is 4.23. The van der Waals surface area contributed by atoms with Crippen molar-refractivity contribution in [1.82, 2.24) is 0 Å². The van der Waals surface area contributed by atoms with Crippen LogP contribution in [0, 0.1) is 0 Å². The fraction of sp³-hybridized carbons (Fsp3) is 0.458. The van der Waals surface area contributed by atoms with Gasteiger partial charge in [-0.1, -0.05) is 31.0 Å². The van der Waals surface area contributed by atoms with Gasteiger partial charge in [-0.2, -0.15) is 0 Å². The zero-order valence-corrected chi connectivity index (χ0v) is 17.7. The molecule has 2 heterocycles. The third-order valence-electron chi connectivity index (χ3n) is 6.07. The molecule has 154 valence electrons. The topological polar surface area (TPSA) is 44.8 Å². The zero-order chi connectivity index (χ0) is 20.4. The summed E-state index contributed by atoms with van der Waals surface area (Å²) in [6, 6.07) is 11.0. The molecule has 2 aliphatic heterocycles. The summed E-state index contributed by atoms with van der Waals surface area (Å²) in [7, 11) is 1.67. The first-order chi connectivity index (χ1) is 14.1. The minimum atomic E-state index is -0.319. The van der Waals surface area contributed by atoms with Gasteiger partial charge < -0.3 is 14.2 Å². The molecule has 0 amide bonds. The summed E-state index contributed by atoms with van der Waals surface area (Å²) in [5.41, 5.74) is 2.91. The highest BCUT2D eigenvalue weighted by molar-refractivity contribution is 6.30. The minimum Gasteiger partial charge on any atom is -0.493 e. The fourth-order valence-electron chi connectivity index (χ4n) is 4.47. The Morgan fingerprint density at radius 1 is 1.10 bits per heavy atom. The maximum absolute atomic E-state index is 12.8. The molecule has 0 saturated heterocycles. The van der Waals surface area contributed by atoms with Crippen molar-refractivity contribution in [2.24, 2.45) is 0 Å². The monoisotopic (exact) mass is 414 g/mol. The molecule has 3 atom stereocenters. The molecule has 0 fully saturated rings. The highest BCUT2D eigenvalue weighted by Crippen LogP contribution is 2.45. The van der Waals surface area contributed by atoms with E-state index in [0.717, 1.165) is 42.7 Å². The molecule has 4 rings (SSSR count). The van der Waals surface area contributed by atoms with Crippen molar-refractivity contribution in [2.45, 2.75) is 63.6 Å². The van der Waals surface area contributed by atoms with E-state index in [1.54, 1.807) is 31.4 Å². The zero-order valence-electron chi connectivity index (χ0n) is 16.9. The Balaban J connectivity index is 1.70. The Morgan fingerprint density at radius 3 is 2.66 bits per heavy atom. The molecule has 4 bridgehead atoms. The van der Waals surface area contributed by atoms with Crippen molar-refractivity contribution in [3.8, 4) is 11.5 Å². The van der Waals surface area contributed by atoms with Crippen LogP contribution in [0.25, 0.3) is 0 Å². The maximum atomic E-state index is 12.8. The second-order valence-corrected chi connectivity index (χ2v) is 8.42. The lowest BCUT2D eigenvalue weighted by Gasteiger charge is -2.25. The molecule has 29 heavy (non-hydrogen) atoms. The second-order valence-electron chi connectivity index (χ2n) is 7.98. The van der Waals surface area contributed by atoms with Gasteiger partial charge in [-0.15, -0.1) is 0 Å². The number of benzene rings is 2. The molecule has 0 aliphatic carbocycles. The molecular formula is C24H27ClO4. The van der Waals surface area contributed by atoms with Crippen molar-refractivity contribution in [1.29, 1.82) is 0 Å². The van der Waals surface area contributed by atoms with Gasteiger partial charge in [0.1, 0.15) is 12.2 Å². The first kappa shape index (κ1) is 20.1. The summed E-state index contributed by atoms with van der Waals surface area (Å²) < 4.78 is 18.1. The number of fused-ring (bicyclic) bond motifs is 1. The summed E-state index contributed by atoms with van der Waals surface area (Å²) in [6.45, 7) is 2.13. The Morgan fingerprint density at radius 2 is 1.90 bits per heavy atom. The van der Waals surface area contributed by atoms with Crippen LogP contribution >= 0.6 is 11.6 Å². The maximum Gasteiger partial charge on any atom is 0.338 e. The lowest BCUT2D eigenvalue weighted by Crippen LogP contribution is -2.28. The molecule has 0 radical (unpaired) electrons. The van der Waals surface area contributed by atoms with Crippen molar-refractivity contribution < 1.29 is 19.0 Å². The van der Waals surface area contributed by atoms with Gasteiger partial charge >= 0.3 is 5.97 Å². The van der Waals surface area contributed by atoms with Crippen LogP contribution in [0.4, 0.5) is 0 Å². The van der Waals surface area contributed by atoms with E-state index >= 15 is 0 Å². The molecule has 0 saturated carbocycles. The van der Waals surface area contributed by atoms with Gasteiger partial charge in [-0.25, -0.2) is 4.79 Å². The number of halogens is 1. The molecule has 2 aromatic rings. The first-order valence-corrected chi connectivity index (χ1v) is 10.8. The number of ether oxygens (including phenoxy) is 3. The number of carbonyl (C=O) groups excluding carboxylic acids is 1. The van der Waals surface area contributed by atoms with Crippen LogP contribution in [0.1, 0.15) is 66.4 Å². The van der Waals surface area contributed by atoms with Crippen LogP contribution < -0.4 is 9.47 Å². The van der Waals surface area contributed by atoms with E-state index in [1.807, 2.05) is 6.07 Å². The van der Waals surface area contributed by atoms with Gasteiger partial charge in [0.15, 0.2) is 11.5 Å². The van der Waals surface area contributed by atoms with E-state index < -0.39 is 0 Å². The lowest BCUT2D eigenvalue weighted by atomic mass is 9.87. The summed E-state index contributed by atoms with van der Waals surface area (Å²) in [6.07, 6.45) is 5.84. The van der Waals surface area contributed by atoms with E-state index in [2.05, 4.69) is 13.0 Å². The quantitative estimate of drug-likeness (QED) is 0.582. The van der Waals surface area contributed by atoms with Crippen LogP contribution in [0.5, 0.6) is 11.5 Å². The number of aryl methyl sites for hydroxylation is 1. The van der Waals surface area contributed by atoms with E-state index in [4.69, 9.17) is 25.8 Å². The molecule has 1 unspecified atom stereocenters. The van der Waals surface area contributed by atoms with Gasteiger partial charge in [0.2, 0.25) is 0 Å². The highest BCUT2D eigenvalue weighted by Gasteiger charge is 2.36. The van der Waals surface area contributed by atoms with E-state index in [0.29, 0.717) is 17.0 Å². The second kappa shape index (κ2) is 8.66. The van der Waals surface area contributed by atoms with Gasteiger partial charge in [-0.05, 0) is 61.6 Å². The molecule has 0 spiro atoms. The number of rotatable bonds is 3. The molecule has 2 aliphatic rings. The lowest BCUT2D eigenvalue weighted by molar-refractivity contribution is 0.0140. The predicted octanol–water partition coefficient (Wildman–Crippen LogP) is 5.95. The normalized spacial score (nSPS) is 23.6. The SMILES string of the molecule is COc1ccc2c3c1OC(CCCCC2)C[C@@H](OC(=O)c1ccc(Cl)cc1)[C@@H]3C. The number of methoxy groups -OCH3 is 1. The average molecular weight is 415 g/mol. The summed E-state index contributed by atoms with van der Waals surface area (Å²) in [5.74, 6) is 1.29. The first-order valence-electron chi connectivity index (χ1n) is 10.4. The van der Waals surface area contributed by atoms with E-state index in [9.17, 15) is 4.79 Å².